The third-order valence-corrected chi connectivity index (χ3v) is 4.70. The fraction of sp³-hybridized carbons (Fsp3) is 0.300. The first-order chi connectivity index (χ1) is 12.5. The van der Waals surface area contributed by atoms with Gasteiger partial charge in [0.25, 0.3) is 5.56 Å². The van der Waals surface area contributed by atoms with Crippen molar-refractivity contribution in [1.29, 1.82) is 0 Å². The summed E-state index contributed by atoms with van der Waals surface area (Å²) in [7, 11) is 0. The molecule has 26 heavy (non-hydrogen) atoms. The summed E-state index contributed by atoms with van der Waals surface area (Å²) in [6.07, 6.45) is 1.64. The van der Waals surface area contributed by atoms with Crippen LogP contribution in [0.2, 0.25) is 0 Å². The predicted octanol–water partition coefficient (Wildman–Crippen LogP) is 3.63. The normalized spacial score (nSPS) is 10.9. The summed E-state index contributed by atoms with van der Waals surface area (Å²) < 4.78 is 5.45. The number of fused-ring (bicyclic) bond motifs is 1. The number of benzene rings is 1. The van der Waals surface area contributed by atoms with Crippen LogP contribution in [-0.2, 0) is 13.1 Å². The summed E-state index contributed by atoms with van der Waals surface area (Å²) >= 11 is 5.49. The Kier molecular flexibility index (Phi) is 5.42. The number of furan rings is 1. The van der Waals surface area contributed by atoms with Gasteiger partial charge in [0.1, 0.15) is 5.76 Å². The molecule has 0 saturated heterocycles. The largest absolute Gasteiger partial charge is 0.467 e. The standard InChI is InChI=1S/C20H23N3O2S/c1-4-21-20(26)23(12-16-6-5-7-25-16)11-15-10-17-14(3)8-13(2)9-18(17)22-19(15)24/h5-10H,4,11-12H2,1-3H3,(H,21,26)(H,22,24). The number of rotatable bonds is 5. The van der Waals surface area contributed by atoms with Crippen molar-refractivity contribution in [2.24, 2.45) is 0 Å². The quantitative estimate of drug-likeness (QED) is 0.673. The molecule has 2 aromatic heterocycles. The minimum absolute atomic E-state index is 0.0914. The number of aromatic amines is 1. The predicted molar refractivity (Wildman–Crippen MR) is 108 cm³/mol. The average molecular weight is 369 g/mol. The molecule has 2 heterocycles. The van der Waals surface area contributed by atoms with Crippen LogP contribution in [0.15, 0.2) is 45.8 Å². The monoisotopic (exact) mass is 369 g/mol. The zero-order valence-electron chi connectivity index (χ0n) is 15.3. The highest BCUT2D eigenvalue weighted by Gasteiger charge is 2.15. The van der Waals surface area contributed by atoms with Gasteiger partial charge in [0.2, 0.25) is 0 Å². The lowest BCUT2D eigenvalue weighted by Gasteiger charge is -2.24. The number of aromatic nitrogens is 1. The minimum atomic E-state index is -0.0914. The summed E-state index contributed by atoms with van der Waals surface area (Å²) in [5, 5.41) is 4.81. The second kappa shape index (κ2) is 7.74. The first kappa shape index (κ1) is 18.2. The van der Waals surface area contributed by atoms with Crippen molar-refractivity contribution in [3.8, 4) is 0 Å². The Hall–Kier alpha value is -2.60. The fourth-order valence-corrected chi connectivity index (χ4v) is 3.37. The van der Waals surface area contributed by atoms with E-state index in [0.717, 1.165) is 34.3 Å². The zero-order chi connectivity index (χ0) is 18.7. The van der Waals surface area contributed by atoms with Crippen molar-refractivity contribution >= 4 is 28.2 Å². The summed E-state index contributed by atoms with van der Waals surface area (Å²) in [6, 6.07) is 9.83. The van der Waals surface area contributed by atoms with Gasteiger partial charge in [-0.15, -0.1) is 0 Å². The van der Waals surface area contributed by atoms with Crippen LogP contribution >= 0.6 is 12.2 Å². The van der Waals surface area contributed by atoms with E-state index in [9.17, 15) is 4.79 Å². The lowest BCUT2D eigenvalue weighted by atomic mass is 10.0. The molecule has 5 nitrogen and oxygen atoms in total. The second-order valence-corrected chi connectivity index (χ2v) is 6.82. The maximum atomic E-state index is 12.6. The second-order valence-electron chi connectivity index (χ2n) is 6.44. The van der Waals surface area contributed by atoms with Gasteiger partial charge < -0.3 is 19.6 Å². The SMILES string of the molecule is CCNC(=S)N(Cc1ccco1)Cc1cc2c(C)cc(C)cc2[nH]c1=O. The van der Waals surface area contributed by atoms with Crippen LogP contribution < -0.4 is 10.9 Å². The maximum Gasteiger partial charge on any atom is 0.253 e. The third kappa shape index (κ3) is 3.96. The Labute approximate surface area is 158 Å². The van der Waals surface area contributed by atoms with E-state index in [1.165, 1.54) is 0 Å². The van der Waals surface area contributed by atoms with E-state index in [1.807, 2.05) is 43.0 Å². The summed E-state index contributed by atoms with van der Waals surface area (Å²) in [6.45, 7) is 7.71. The lowest BCUT2D eigenvalue weighted by molar-refractivity contribution is 0.351. The van der Waals surface area contributed by atoms with Crippen molar-refractivity contribution in [3.63, 3.8) is 0 Å². The number of H-pyrrole nitrogens is 1. The van der Waals surface area contributed by atoms with E-state index in [1.54, 1.807) is 6.26 Å². The van der Waals surface area contributed by atoms with Crippen LogP contribution in [0.4, 0.5) is 0 Å². The van der Waals surface area contributed by atoms with Crippen molar-refractivity contribution in [3.05, 3.63) is 69.4 Å². The van der Waals surface area contributed by atoms with Crippen molar-refractivity contribution < 1.29 is 4.42 Å². The Morgan fingerprint density at radius 1 is 1.27 bits per heavy atom. The van der Waals surface area contributed by atoms with Crippen molar-refractivity contribution in [1.82, 2.24) is 15.2 Å². The summed E-state index contributed by atoms with van der Waals surface area (Å²) in [5.74, 6) is 0.800. The molecule has 0 spiro atoms. The van der Waals surface area contributed by atoms with Gasteiger partial charge in [-0.2, -0.15) is 0 Å². The molecule has 0 aliphatic carbocycles. The Morgan fingerprint density at radius 2 is 2.08 bits per heavy atom. The molecule has 3 aromatic rings. The van der Waals surface area contributed by atoms with Crippen LogP contribution in [-0.4, -0.2) is 21.5 Å². The number of nitrogens with one attached hydrogen (secondary N) is 2. The van der Waals surface area contributed by atoms with Crippen LogP contribution in [0.1, 0.15) is 29.4 Å². The van der Waals surface area contributed by atoms with E-state index in [4.69, 9.17) is 16.6 Å². The summed E-state index contributed by atoms with van der Waals surface area (Å²) in [5.41, 5.74) is 3.72. The first-order valence-electron chi connectivity index (χ1n) is 8.66. The van der Waals surface area contributed by atoms with E-state index >= 15 is 0 Å². The molecular formula is C20H23N3O2S. The molecule has 1 aromatic carbocycles. The Bertz CT molecular complexity index is 977. The van der Waals surface area contributed by atoms with Gasteiger partial charge >= 0.3 is 0 Å². The molecular weight excluding hydrogens is 346 g/mol. The van der Waals surface area contributed by atoms with Gasteiger partial charge in [-0.05, 0) is 68.4 Å². The van der Waals surface area contributed by atoms with Gasteiger partial charge in [0.05, 0.1) is 19.4 Å². The molecule has 3 rings (SSSR count). The van der Waals surface area contributed by atoms with Crippen LogP contribution in [0.3, 0.4) is 0 Å². The van der Waals surface area contributed by atoms with Crippen molar-refractivity contribution in [2.75, 3.05) is 6.54 Å². The lowest BCUT2D eigenvalue weighted by Crippen LogP contribution is -2.39. The van der Waals surface area contributed by atoms with Gasteiger partial charge in [-0.25, -0.2) is 0 Å². The number of hydrogen-bond donors (Lipinski definition) is 2. The van der Waals surface area contributed by atoms with Gasteiger partial charge in [0.15, 0.2) is 5.11 Å². The number of pyridine rings is 1. The van der Waals surface area contributed by atoms with Gasteiger partial charge in [-0.3, -0.25) is 4.79 Å². The molecule has 0 fully saturated rings. The smallest absolute Gasteiger partial charge is 0.253 e. The van der Waals surface area contributed by atoms with Crippen molar-refractivity contribution in [2.45, 2.75) is 33.9 Å². The summed E-state index contributed by atoms with van der Waals surface area (Å²) in [4.78, 5) is 17.6. The molecule has 6 heteroatoms. The topological polar surface area (TPSA) is 61.3 Å². The van der Waals surface area contributed by atoms with Crippen LogP contribution in [0.25, 0.3) is 10.9 Å². The molecule has 0 radical (unpaired) electrons. The van der Waals surface area contributed by atoms with E-state index in [2.05, 4.69) is 23.3 Å². The van der Waals surface area contributed by atoms with Gasteiger partial charge in [0, 0.05) is 23.0 Å². The zero-order valence-corrected chi connectivity index (χ0v) is 16.1. The molecule has 0 bridgehead atoms. The molecule has 0 aliphatic heterocycles. The highest BCUT2D eigenvalue weighted by Crippen LogP contribution is 2.19. The van der Waals surface area contributed by atoms with E-state index in [-0.39, 0.29) is 5.56 Å². The first-order valence-corrected chi connectivity index (χ1v) is 9.07. The molecule has 0 amide bonds. The third-order valence-electron chi connectivity index (χ3n) is 4.29. The molecule has 0 unspecified atom stereocenters. The Balaban J connectivity index is 1.96. The number of hydrogen-bond acceptors (Lipinski definition) is 3. The number of aryl methyl sites for hydroxylation is 2. The number of thiocarbonyl (C=S) groups is 1. The van der Waals surface area contributed by atoms with Gasteiger partial charge in [-0.1, -0.05) is 6.07 Å². The highest BCUT2D eigenvalue weighted by molar-refractivity contribution is 7.80. The fourth-order valence-electron chi connectivity index (χ4n) is 3.09. The maximum absolute atomic E-state index is 12.6. The number of nitrogens with zero attached hydrogens (tertiary/aromatic N) is 1. The van der Waals surface area contributed by atoms with Crippen LogP contribution in [0, 0.1) is 13.8 Å². The molecule has 0 aliphatic rings. The average Bonchev–Trinajstić information content (AvgIpc) is 3.08. The molecule has 136 valence electrons. The van der Waals surface area contributed by atoms with Crippen LogP contribution in [0.5, 0.6) is 0 Å². The molecule has 0 atom stereocenters. The van der Waals surface area contributed by atoms with E-state index < -0.39 is 0 Å². The minimum Gasteiger partial charge on any atom is -0.467 e. The molecule has 0 saturated carbocycles. The molecule has 2 N–H and O–H groups in total. The highest BCUT2D eigenvalue weighted by atomic mass is 32.1. The van der Waals surface area contributed by atoms with E-state index in [0.29, 0.717) is 23.8 Å². The Morgan fingerprint density at radius 3 is 2.77 bits per heavy atom.